The summed E-state index contributed by atoms with van der Waals surface area (Å²) in [7, 11) is 1.62. The van der Waals surface area contributed by atoms with Crippen LogP contribution in [0.1, 0.15) is 25.8 Å². The van der Waals surface area contributed by atoms with Crippen molar-refractivity contribution in [1.29, 1.82) is 0 Å². The maximum atomic E-state index is 11.1. The maximum Gasteiger partial charge on any atom is 0.125 e. The number of rotatable bonds is 2. The molecule has 18 heavy (non-hydrogen) atoms. The van der Waals surface area contributed by atoms with Gasteiger partial charge in [0.05, 0.1) is 7.11 Å². The topological polar surface area (TPSA) is 29.5 Å². The number of ether oxygens (including phenoxy) is 1. The molecule has 1 aromatic carbocycles. The zero-order chi connectivity index (χ0) is 13.4. The molecule has 4 heteroatoms. The van der Waals surface area contributed by atoms with Crippen molar-refractivity contribution in [1.82, 2.24) is 0 Å². The van der Waals surface area contributed by atoms with Gasteiger partial charge in [-0.1, -0.05) is 25.4 Å². The van der Waals surface area contributed by atoms with Gasteiger partial charge in [-0.25, -0.2) is 0 Å². The van der Waals surface area contributed by atoms with Crippen LogP contribution in [-0.4, -0.2) is 23.7 Å². The fraction of sp³-hybridized carbons (Fsp3) is 0.571. The summed E-state index contributed by atoms with van der Waals surface area (Å²) in [5, 5.41) is 11.8. The molecule has 0 amide bonds. The van der Waals surface area contributed by atoms with Gasteiger partial charge < -0.3 is 9.84 Å². The molecule has 1 atom stereocenters. The lowest BCUT2D eigenvalue weighted by atomic mass is 9.69. The van der Waals surface area contributed by atoms with Crippen molar-refractivity contribution in [3.8, 4) is 5.75 Å². The largest absolute Gasteiger partial charge is 0.496 e. The minimum atomic E-state index is -0.897. The zero-order valence-corrected chi connectivity index (χ0v) is 12.6. The molecule has 1 unspecified atom stereocenters. The highest BCUT2D eigenvalue weighted by atomic mass is 35.5. The standard InChI is InChI=1S/C14H19ClO2S/c1-13(2)6-7-18-9-14(13,16)11-8-10(15)4-5-12(11)17-3/h4-5,8,16H,6-7,9H2,1-3H3. The van der Waals surface area contributed by atoms with Gasteiger partial charge in [0.25, 0.3) is 0 Å². The Morgan fingerprint density at radius 3 is 2.72 bits per heavy atom. The van der Waals surface area contributed by atoms with E-state index in [1.54, 1.807) is 24.9 Å². The van der Waals surface area contributed by atoms with Crippen LogP contribution < -0.4 is 4.74 Å². The Bertz CT molecular complexity index is 447. The molecule has 0 bridgehead atoms. The van der Waals surface area contributed by atoms with Crippen LogP contribution in [0.25, 0.3) is 0 Å². The minimum Gasteiger partial charge on any atom is -0.496 e. The van der Waals surface area contributed by atoms with Gasteiger partial charge in [-0.3, -0.25) is 0 Å². The molecule has 1 fully saturated rings. The number of benzene rings is 1. The first-order valence-corrected chi connectivity index (χ1v) is 7.58. The van der Waals surface area contributed by atoms with Gasteiger partial charge >= 0.3 is 0 Å². The highest BCUT2D eigenvalue weighted by Gasteiger charge is 2.48. The Balaban J connectivity index is 2.54. The summed E-state index contributed by atoms with van der Waals surface area (Å²) in [5.41, 5.74) is -0.280. The van der Waals surface area contributed by atoms with Crippen LogP contribution in [0.4, 0.5) is 0 Å². The summed E-state index contributed by atoms with van der Waals surface area (Å²) in [4.78, 5) is 0. The third kappa shape index (κ3) is 2.24. The van der Waals surface area contributed by atoms with Gasteiger partial charge in [0.2, 0.25) is 0 Å². The van der Waals surface area contributed by atoms with Crippen molar-refractivity contribution < 1.29 is 9.84 Å². The van der Waals surface area contributed by atoms with Crippen LogP contribution in [0, 0.1) is 5.41 Å². The van der Waals surface area contributed by atoms with E-state index in [1.807, 2.05) is 12.1 Å². The molecule has 1 heterocycles. The van der Waals surface area contributed by atoms with Gasteiger partial charge in [0.15, 0.2) is 0 Å². The summed E-state index contributed by atoms with van der Waals surface area (Å²) in [5.74, 6) is 2.46. The van der Waals surface area contributed by atoms with E-state index in [-0.39, 0.29) is 5.41 Å². The fourth-order valence-electron chi connectivity index (χ4n) is 2.40. The maximum absolute atomic E-state index is 11.1. The second-order valence-electron chi connectivity index (χ2n) is 5.39. The summed E-state index contributed by atoms with van der Waals surface area (Å²) in [6.45, 7) is 4.21. The zero-order valence-electron chi connectivity index (χ0n) is 11.0. The molecule has 1 N–H and O–H groups in total. The van der Waals surface area contributed by atoms with E-state index in [0.717, 1.165) is 17.7 Å². The minimum absolute atomic E-state index is 0.184. The van der Waals surface area contributed by atoms with Crippen molar-refractivity contribution in [3.63, 3.8) is 0 Å². The number of methoxy groups -OCH3 is 1. The normalized spacial score (nSPS) is 26.9. The van der Waals surface area contributed by atoms with Crippen LogP contribution in [0.2, 0.25) is 5.02 Å². The first-order valence-electron chi connectivity index (χ1n) is 6.05. The van der Waals surface area contributed by atoms with Gasteiger partial charge in [-0.05, 0) is 35.8 Å². The van der Waals surface area contributed by atoms with Crippen molar-refractivity contribution in [2.24, 2.45) is 5.41 Å². The third-order valence-electron chi connectivity index (χ3n) is 3.91. The summed E-state index contributed by atoms with van der Waals surface area (Å²) in [6, 6.07) is 5.44. The highest BCUT2D eigenvalue weighted by molar-refractivity contribution is 7.99. The van der Waals surface area contributed by atoms with Crippen LogP contribution >= 0.6 is 23.4 Å². The van der Waals surface area contributed by atoms with Gasteiger partial charge in [0, 0.05) is 16.3 Å². The second-order valence-corrected chi connectivity index (χ2v) is 6.93. The van der Waals surface area contributed by atoms with E-state index >= 15 is 0 Å². The molecule has 1 saturated heterocycles. The molecule has 1 aromatic rings. The lowest BCUT2D eigenvalue weighted by Crippen LogP contribution is -2.47. The van der Waals surface area contributed by atoms with Gasteiger partial charge in [-0.2, -0.15) is 11.8 Å². The van der Waals surface area contributed by atoms with Crippen LogP contribution in [0.5, 0.6) is 5.75 Å². The third-order valence-corrected chi connectivity index (χ3v) is 5.26. The molecule has 0 aliphatic carbocycles. The summed E-state index contributed by atoms with van der Waals surface area (Å²) >= 11 is 7.85. The SMILES string of the molecule is COc1ccc(Cl)cc1C1(O)CSCCC1(C)C. The molecule has 0 aromatic heterocycles. The molecule has 2 rings (SSSR count). The number of aliphatic hydroxyl groups is 1. The van der Waals surface area contributed by atoms with Crippen molar-refractivity contribution >= 4 is 23.4 Å². The molecule has 0 spiro atoms. The molecule has 2 nitrogen and oxygen atoms in total. The monoisotopic (exact) mass is 286 g/mol. The van der Waals surface area contributed by atoms with E-state index < -0.39 is 5.60 Å². The fourth-order valence-corrected chi connectivity index (χ4v) is 4.21. The molecule has 1 aliphatic heterocycles. The van der Waals surface area contributed by atoms with Gasteiger partial charge in [-0.15, -0.1) is 0 Å². The lowest BCUT2D eigenvalue weighted by Gasteiger charge is -2.46. The average molecular weight is 287 g/mol. The van der Waals surface area contributed by atoms with Crippen molar-refractivity contribution in [3.05, 3.63) is 28.8 Å². The Labute approximate surface area is 118 Å². The summed E-state index contributed by atoms with van der Waals surface area (Å²) < 4.78 is 5.38. The molecule has 100 valence electrons. The highest BCUT2D eigenvalue weighted by Crippen LogP contribution is 2.51. The Kier molecular flexibility index (Phi) is 3.86. The van der Waals surface area contributed by atoms with Crippen LogP contribution in [-0.2, 0) is 5.60 Å². The predicted octanol–water partition coefficient (Wildman–Crippen LogP) is 3.70. The van der Waals surface area contributed by atoms with Gasteiger partial charge in [0.1, 0.15) is 11.4 Å². The summed E-state index contributed by atoms with van der Waals surface area (Å²) in [6.07, 6.45) is 0.976. The van der Waals surface area contributed by atoms with Crippen molar-refractivity contribution in [2.75, 3.05) is 18.6 Å². The number of hydrogen-bond donors (Lipinski definition) is 1. The number of thioether (sulfide) groups is 1. The quantitative estimate of drug-likeness (QED) is 0.899. The average Bonchev–Trinajstić information content (AvgIpc) is 2.33. The number of hydrogen-bond acceptors (Lipinski definition) is 3. The second kappa shape index (κ2) is 4.95. The first-order chi connectivity index (χ1) is 8.40. The number of halogens is 1. The first kappa shape index (κ1) is 14.0. The Morgan fingerprint density at radius 2 is 2.11 bits per heavy atom. The Morgan fingerprint density at radius 1 is 1.39 bits per heavy atom. The van der Waals surface area contributed by atoms with E-state index in [1.165, 1.54) is 0 Å². The smallest absolute Gasteiger partial charge is 0.125 e. The predicted molar refractivity (Wildman–Crippen MR) is 77.6 cm³/mol. The lowest BCUT2D eigenvalue weighted by molar-refractivity contribution is -0.0593. The van der Waals surface area contributed by atoms with E-state index in [9.17, 15) is 5.11 Å². The molecule has 0 radical (unpaired) electrons. The van der Waals surface area contributed by atoms with Crippen LogP contribution in [0.3, 0.4) is 0 Å². The molecule has 1 aliphatic rings. The van der Waals surface area contributed by atoms with E-state index in [0.29, 0.717) is 16.5 Å². The molecular weight excluding hydrogens is 268 g/mol. The van der Waals surface area contributed by atoms with Crippen molar-refractivity contribution in [2.45, 2.75) is 25.9 Å². The molecule has 0 saturated carbocycles. The Hall–Kier alpha value is -0.380. The van der Waals surface area contributed by atoms with E-state index in [4.69, 9.17) is 16.3 Å². The van der Waals surface area contributed by atoms with E-state index in [2.05, 4.69) is 13.8 Å². The van der Waals surface area contributed by atoms with Crippen LogP contribution in [0.15, 0.2) is 18.2 Å². The molecular formula is C14H19ClO2S.